The number of anilines is 1. The lowest BCUT2D eigenvalue weighted by Gasteiger charge is -2.17. The summed E-state index contributed by atoms with van der Waals surface area (Å²) in [5.41, 5.74) is 3.00. The third-order valence-corrected chi connectivity index (χ3v) is 4.90. The van der Waals surface area contributed by atoms with E-state index in [1.54, 1.807) is 4.90 Å². The molecule has 0 aliphatic carbocycles. The molecule has 124 valence electrons. The van der Waals surface area contributed by atoms with E-state index in [2.05, 4.69) is 21.2 Å². The molecule has 2 aromatic carbocycles. The van der Waals surface area contributed by atoms with Crippen molar-refractivity contribution in [3.8, 4) is 0 Å². The Morgan fingerprint density at radius 1 is 1.21 bits per heavy atom. The Hall–Kier alpha value is -2.14. The lowest BCUT2D eigenvalue weighted by atomic mass is 10.1. The summed E-state index contributed by atoms with van der Waals surface area (Å²) in [5, 5.41) is 2.90. The zero-order valence-corrected chi connectivity index (χ0v) is 15.0. The van der Waals surface area contributed by atoms with Crippen molar-refractivity contribution >= 4 is 33.4 Å². The number of benzene rings is 2. The van der Waals surface area contributed by atoms with Gasteiger partial charge in [0, 0.05) is 24.0 Å². The fourth-order valence-electron chi connectivity index (χ4n) is 2.81. The molecule has 1 saturated heterocycles. The molecule has 2 amide bonds. The molecule has 0 unspecified atom stereocenters. The molecule has 4 nitrogen and oxygen atoms in total. The summed E-state index contributed by atoms with van der Waals surface area (Å²) in [7, 11) is 0. The van der Waals surface area contributed by atoms with Crippen LogP contribution in [0.25, 0.3) is 0 Å². The average molecular weight is 387 g/mol. The van der Waals surface area contributed by atoms with E-state index >= 15 is 0 Å². The standard InChI is InChI=1S/C19H19BrN2O2/c1-13-6-8-14(9-7-13)11-22-12-15(10-18(22)23)19(24)21-17-5-3-2-4-16(17)20/h2-9,15H,10-12H2,1H3,(H,21,24)/t15-/m0/s1. The van der Waals surface area contributed by atoms with Crippen LogP contribution in [0.3, 0.4) is 0 Å². The van der Waals surface area contributed by atoms with Crippen LogP contribution in [0, 0.1) is 12.8 Å². The summed E-state index contributed by atoms with van der Waals surface area (Å²) in [5.74, 6) is -0.389. The molecule has 0 bridgehead atoms. The molecule has 1 fully saturated rings. The number of para-hydroxylation sites is 1. The Kier molecular flexibility index (Phi) is 5.00. The fourth-order valence-corrected chi connectivity index (χ4v) is 3.20. The van der Waals surface area contributed by atoms with Crippen molar-refractivity contribution in [2.45, 2.75) is 19.9 Å². The van der Waals surface area contributed by atoms with E-state index in [-0.39, 0.29) is 24.2 Å². The van der Waals surface area contributed by atoms with Gasteiger partial charge in [-0.2, -0.15) is 0 Å². The van der Waals surface area contributed by atoms with E-state index < -0.39 is 0 Å². The van der Waals surface area contributed by atoms with Gasteiger partial charge in [0.1, 0.15) is 0 Å². The maximum absolute atomic E-state index is 12.4. The quantitative estimate of drug-likeness (QED) is 0.869. The van der Waals surface area contributed by atoms with E-state index in [9.17, 15) is 9.59 Å². The van der Waals surface area contributed by atoms with Crippen LogP contribution in [-0.2, 0) is 16.1 Å². The van der Waals surface area contributed by atoms with Crippen LogP contribution in [0.5, 0.6) is 0 Å². The summed E-state index contributed by atoms with van der Waals surface area (Å²) in [6.45, 7) is 3.05. The minimum Gasteiger partial charge on any atom is -0.338 e. The van der Waals surface area contributed by atoms with Crippen molar-refractivity contribution in [3.63, 3.8) is 0 Å². The topological polar surface area (TPSA) is 49.4 Å². The monoisotopic (exact) mass is 386 g/mol. The lowest BCUT2D eigenvalue weighted by molar-refractivity contribution is -0.128. The normalized spacial score (nSPS) is 17.2. The van der Waals surface area contributed by atoms with Gasteiger partial charge in [0.15, 0.2) is 0 Å². The maximum atomic E-state index is 12.4. The maximum Gasteiger partial charge on any atom is 0.229 e. The molecular weight excluding hydrogens is 368 g/mol. The number of hydrogen-bond acceptors (Lipinski definition) is 2. The van der Waals surface area contributed by atoms with Gasteiger partial charge in [0.2, 0.25) is 11.8 Å². The van der Waals surface area contributed by atoms with Crippen LogP contribution in [0.2, 0.25) is 0 Å². The van der Waals surface area contributed by atoms with E-state index in [1.807, 2.05) is 55.5 Å². The van der Waals surface area contributed by atoms with Crippen molar-refractivity contribution in [1.82, 2.24) is 4.90 Å². The second-order valence-corrected chi connectivity index (χ2v) is 6.98. The Balaban J connectivity index is 1.62. The molecule has 1 N–H and O–H groups in total. The van der Waals surface area contributed by atoms with Crippen LogP contribution >= 0.6 is 15.9 Å². The molecule has 1 heterocycles. The van der Waals surface area contributed by atoms with Gasteiger partial charge in [0.05, 0.1) is 11.6 Å². The summed E-state index contributed by atoms with van der Waals surface area (Å²) < 4.78 is 0.833. The largest absolute Gasteiger partial charge is 0.338 e. The predicted molar refractivity (Wildman–Crippen MR) is 97.5 cm³/mol. The van der Waals surface area contributed by atoms with Gasteiger partial charge in [0.25, 0.3) is 0 Å². The Morgan fingerprint density at radius 2 is 1.92 bits per heavy atom. The minimum absolute atomic E-state index is 0.0304. The summed E-state index contributed by atoms with van der Waals surface area (Å²) >= 11 is 3.42. The number of nitrogens with one attached hydrogen (secondary N) is 1. The van der Waals surface area contributed by atoms with Crippen molar-refractivity contribution in [3.05, 3.63) is 64.1 Å². The van der Waals surface area contributed by atoms with Gasteiger partial charge in [-0.3, -0.25) is 9.59 Å². The average Bonchev–Trinajstić information content (AvgIpc) is 2.93. The minimum atomic E-state index is -0.310. The van der Waals surface area contributed by atoms with Gasteiger partial charge in [-0.1, -0.05) is 42.0 Å². The molecule has 0 saturated carbocycles. The highest BCUT2D eigenvalue weighted by molar-refractivity contribution is 9.10. The van der Waals surface area contributed by atoms with Crippen LogP contribution in [0.1, 0.15) is 17.5 Å². The highest BCUT2D eigenvalue weighted by atomic mass is 79.9. The predicted octanol–water partition coefficient (Wildman–Crippen LogP) is 3.74. The number of nitrogens with zero attached hydrogens (tertiary/aromatic N) is 1. The molecule has 5 heteroatoms. The van der Waals surface area contributed by atoms with Gasteiger partial charge in [-0.25, -0.2) is 0 Å². The molecule has 24 heavy (non-hydrogen) atoms. The summed E-state index contributed by atoms with van der Waals surface area (Å²) in [6.07, 6.45) is 0.266. The molecule has 0 aromatic heterocycles. The number of carbonyl (C=O) groups is 2. The smallest absolute Gasteiger partial charge is 0.229 e. The number of likely N-dealkylation sites (tertiary alicyclic amines) is 1. The van der Waals surface area contributed by atoms with E-state index in [0.717, 1.165) is 15.7 Å². The third-order valence-electron chi connectivity index (χ3n) is 4.21. The van der Waals surface area contributed by atoms with E-state index in [4.69, 9.17) is 0 Å². The first-order valence-corrected chi connectivity index (χ1v) is 8.71. The number of aryl methyl sites for hydroxylation is 1. The zero-order valence-electron chi connectivity index (χ0n) is 13.5. The Labute approximate surface area is 150 Å². The van der Waals surface area contributed by atoms with Crippen LogP contribution < -0.4 is 5.32 Å². The second-order valence-electron chi connectivity index (χ2n) is 6.13. The van der Waals surface area contributed by atoms with Crippen molar-refractivity contribution < 1.29 is 9.59 Å². The Bertz CT molecular complexity index is 758. The van der Waals surface area contributed by atoms with E-state index in [0.29, 0.717) is 13.1 Å². The molecule has 1 aliphatic rings. The number of hydrogen-bond donors (Lipinski definition) is 1. The number of amides is 2. The van der Waals surface area contributed by atoms with Gasteiger partial charge in [-0.05, 0) is 40.5 Å². The van der Waals surface area contributed by atoms with Crippen LogP contribution in [0.4, 0.5) is 5.69 Å². The van der Waals surface area contributed by atoms with Gasteiger partial charge >= 0.3 is 0 Å². The highest BCUT2D eigenvalue weighted by Crippen LogP contribution is 2.25. The SMILES string of the molecule is Cc1ccc(CN2C[C@@H](C(=O)Nc3ccccc3Br)CC2=O)cc1. The summed E-state index contributed by atoms with van der Waals surface area (Å²) in [6, 6.07) is 15.6. The van der Waals surface area contributed by atoms with Gasteiger partial charge < -0.3 is 10.2 Å². The molecule has 1 atom stereocenters. The fraction of sp³-hybridized carbons (Fsp3) is 0.263. The molecule has 0 radical (unpaired) electrons. The van der Waals surface area contributed by atoms with Crippen LogP contribution in [0.15, 0.2) is 53.0 Å². The third kappa shape index (κ3) is 3.85. The number of rotatable bonds is 4. The first-order chi connectivity index (χ1) is 11.5. The molecule has 2 aromatic rings. The Morgan fingerprint density at radius 3 is 2.62 bits per heavy atom. The molecule has 0 spiro atoms. The van der Waals surface area contributed by atoms with Crippen molar-refractivity contribution in [1.29, 1.82) is 0 Å². The van der Waals surface area contributed by atoms with Crippen LogP contribution in [-0.4, -0.2) is 23.3 Å². The second kappa shape index (κ2) is 7.18. The molecule has 3 rings (SSSR count). The van der Waals surface area contributed by atoms with E-state index in [1.165, 1.54) is 5.56 Å². The molecular formula is C19H19BrN2O2. The van der Waals surface area contributed by atoms with Crippen molar-refractivity contribution in [2.75, 3.05) is 11.9 Å². The highest BCUT2D eigenvalue weighted by Gasteiger charge is 2.34. The first-order valence-electron chi connectivity index (χ1n) is 7.91. The number of halogens is 1. The summed E-state index contributed by atoms with van der Waals surface area (Å²) in [4.78, 5) is 26.4. The van der Waals surface area contributed by atoms with Gasteiger partial charge in [-0.15, -0.1) is 0 Å². The lowest BCUT2D eigenvalue weighted by Crippen LogP contribution is -2.28. The zero-order chi connectivity index (χ0) is 17.1. The number of carbonyl (C=O) groups excluding carboxylic acids is 2. The van der Waals surface area contributed by atoms with Crippen molar-refractivity contribution in [2.24, 2.45) is 5.92 Å². The molecule has 1 aliphatic heterocycles. The first kappa shape index (κ1) is 16.7.